The zero-order chi connectivity index (χ0) is 33.9. The Morgan fingerprint density at radius 1 is 0.592 bits per heavy atom. The van der Waals surface area contributed by atoms with Crippen molar-refractivity contribution in [2.24, 2.45) is 0 Å². The fourth-order valence-corrected chi connectivity index (χ4v) is 6.76. The first-order valence-corrected chi connectivity index (χ1v) is 16.0. The summed E-state index contributed by atoms with van der Waals surface area (Å²) in [6.07, 6.45) is -2.22. The first-order valence-electron chi connectivity index (χ1n) is 15.6. The predicted octanol–water partition coefficient (Wildman–Crippen LogP) is 10.1. The van der Waals surface area contributed by atoms with E-state index in [9.17, 15) is 0 Å². The molecule has 0 aliphatic heterocycles. The molecule has 7 rings (SSSR count). The summed E-state index contributed by atoms with van der Waals surface area (Å²) in [5, 5.41) is 0.227. The molecule has 1 atom stereocenters. The highest BCUT2D eigenvalue weighted by Gasteiger charge is 2.63. The van der Waals surface area contributed by atoms with Gasteiger partial charge in [0, 0.05) is 24.0 Å². The lowest BCUT2D eigenvalue weighted by Crippen LogP contribution is -2.48. The quantitative estimate of drug-likeness (QED) is 0.119. The molecule has 0 spiro atoms. The maximum atomic E-state index is 16.2. The second kappa shape index (κ2) is 13.1. The van der Waals surface area contributed by atoms with E-state index in [0.717, 1.165) is 16.7 Å². The molecule has 6 aromatic carbocycles. The van der Waals surface area contributed by atoms with Gasteiger partial charge in [0.15, 0.2) is 0 Å². The molecular weight excluding hydrogens is 642 g/mol. The standard InChI is InChI=1S/C41H29F3N2O2S/c42-41(43,44)40(48-38(49)47-34-24-11-4-12-25-34,36-27-15-17-30-16-13-14-26-35(30)36)37-28-46(29-45-37)39(31-18-5-1-6-19-31,32-20-7-2-8-21-32)33-22-9-3-10-23-33/h1-29H. The normalized spacial score (nSPS) is 13.0. The molecule has 1 unspecified atom stereocenters. The lowest BCUT2D eigenvalue weighted by atomic mass is 9.76. The van der Waals surface area contributed by atoms with Gasteiger partial charge >= 0.3 is 11.4 Å². The summed E-state index contributed by atoms with van der Waals surface area (Å²) in [4.78, 5) is 4.54. The predicted molar refractivity (Wildman–Crippen MR) is 188 cm³/mol. The van der Waals surface area contributed by atoms with Crippen LogP contribution in [0.5, 0.6) is 5.75 Å². The van der Waals surface area contributed by atoms with Gasteiger partial charge in [0.2, 0.25) is 0 Å². The summed E-state index contributed by atoms with van der Waals surface area (Å²) in [5.74, 6) is 0.239. The molecule has 0 amide bonds. The number of halogens is 3. The molecule has 7 aromatic rings. The number of aromatic nitrogens is 2. The molecule has 1 heterocycles. The van der Waals surface area contributed by atoms with Crippen LogP contribution in [0.1, 0.15) is 27.9 Å². The van der Waals surface area contributed by atoms with Crippen molar-refractivity contribution in [3.8, 4) is 5.75 Å². The van der Waals surface area contributed by atoms with Gasteiger partial charge in [-0.1, -0.05) is 152 Å². The Kier molecular flexibility index (Phi) is 8.48. The molecule has 0 N–H and O–H groups in total. The fraction of sp³-hybridized carbons (Fsp3) is 0.0732. The molecule has 0 bridgehead atoms. The zero-order valence-electron chi connectivity index (χ0n) is 26.0. The molecule has 0 aliphatic rings. The Balaban J connectivity index is 1.51. The highest BCUT2D eigenvalue weighted by atomic mass is 32.1. The molecule has 0 radical (unpaired) electrons. The summed E-state index contributed by atoms with van der Waals surface area (Å²) in [6.45, 7) is 0. The summed E-state index contributed by atoms with van der Waals surface area (Å²) in [7, 11) is 0. The van der Waals surface area contributed by atoms with Crippen LogP contribution in [0.15, 0.2) is 176 Å². The minimum Gasteiger partial charge on any atom is -0.428 e. The van der Waals surface area contributed by atoms with E-state index in [0.29, 0.717) is 10.8 Å². The van der Waals surface area contributed by atoms with E-state index in [4.69, 9.17) is 21.7 Å². The van der Waals surface area contributed by atoms with E-state index in [1.165, 1.54) is 18.6 Å². The minimum atomic E-state index is -5.06. The van der Waals surface area contributed by atoms with E-state index >= 15 is 13.2 Å². The van der Waals surface area contributed by atoms with Gasteiger partial charge in [-0.2, -0.15) is 13.2 Å². The molecule has 242 valence electrons. The van der Waals surface area contributed by atoms with E-state index < -0.39 is 28.2 Å². The van der Waals surface area contributed by atoms with Crippen molar-refractivity contribution in [2.75, 3.05) is 0 Å². The first-order chi connectivity index (χ1) is 23.8. The maximum absolute atomic E-state index is 16.2. The van der Waals surface area contributed by atoms with Crippen molar-refractivity contribution in [1.82, 2.24) is 9.55 Å². The largest absolute Gasteiger partial charge is 0.438 e. The number of hydrogen-bond acceptors (Lipinski definition) is 4. The van der Waals surface area contributed by atoms with Crippen molar-refractivity contribution in [2.45, 2.75) is 17.3 Å². The van der Waals surface area contributed by atoms with Crippen LogP contribution in [0.25, 0.3) is 10.8 Å². The van der Waals surface area contributed by atoms with Crippen molar-refractivity contribution in [3.63, 3.8) is 0 Å². The van der Waals surface area contributed by atoms with Crippen LogP contribution in [0.3, 0.4) is 0 Å². The molecular formula is C41H29F3N2O2S. The van der Waals surface area contributed by atoms with E-state index in [1.54, 1.807) is 71.3 Å². The van der Waals surface area contributed by atoms with Gasteiger partial charge in [0.1, 0.15) is 17.0 Å². The second-order valence-corrected chi connectivity index (χ2v) is 11.8. The topological polar surface area (TPSA) is 36.3 Å². The fourth-order valence-electron chi connectivity index (χ4n) is 6.54. The number of para-hydroxylation sites is 1. The number of fused-ring (bicyclic) bond motifs is 1. The van der Waals surface area contributed by atoms with Crippen molar-refractivity contribution in [1.29, 1.82) is 0 Å². The summed E-state index contributed by atoms with van der Waals surface area (Å²) >= 11 is 5.41. The van der Waals surface area contributed by atoms with E-state index in [2.05, 4.69) is 4.98 Å². The second-order valence-electron chi connectivity index (χ2n) is 11.4. The van der Waals surface area contributed by atoms with Gasteiger partial charge in [-0.15, -0.1) is 0 Å². The summed E-state index contributed by atoms with van der Waals surface area (Å²) in [6, 6.07) is 48.8. The van der Waals surface area contributed by atoms with Crippen LogP contribution in [0, 0.1) is 0 Å². The van der Waals surface area contributed by atoms with Gasteiger partial charge in [0.05, 0.1) is 6.33 Å². The minimum absolute atomic E-state index is 0.174. The summed E-state index contributed by atoms with van der Waals surface area (Å²) < 4.78 is 61.8. The molecule has 4 nitrogen and oxygen atoms in total. The number of benzene rings is 6. The molecule has 1 aromatic heterocycles. The smallest absolute Gasteiger partial charge is 0.428 e. The van der Waals surface area contributed by atoms with Crippen molar-refractivity contribution in [3.05, 3.63) is 204 Å². The molecule has 0 saturated heterocycles. The van der Waals surface area contributed by atoms with Gasteiger partial charge < -0.3 is 14.0 Å². The first kappa shape index (κ1) is 31.8. The van der Waals surface area contributed by atoms with Crippen molar-refractivity contribution >= 4 is 28.2 Å². The molecule has 0 saturated carbocycles. The lowest BCUT2D eigenvalue weighted by molar-refractivity contribution is -0.245. The van der Waals surface area contributed by atoms with Crippen LogP contribution in [0.2, 0.25) is 0 Å². The van der Waals surface area contributed by atoms with E-state index in [-0.39, 0.29) is 11.3 Å². The number of imidazole rings is 1. The Morgan fingerprint density at radius 3 is 1.63 bits per heavy atom. The highest BCUT2D eigenvalue weighted by molar-refractivity contribution is 7.79. The summed E-state index contributed by atoms with van der Waals surface area (Å²) in [5.41, 5.74) is -2.41. The third-order valence-electron chi connectivity index (χ3n) is 8.65. The number of alkyl halides is 3. The zero-order valence-corrected chi connectivity index (χ0v) is 26.8. The van der Waals surface area contributed by atoms with Crippen LogP contribution in [-0.2, 0) is 15.9 Å². The highest BCUT2D eigenvalue weighted by Crippen LogP contribution is 2.50. The number of nitrogens with zero attached hydrogens (tertiary/aromatic N) is 2. The Morgan fingerprint density at radius 2 is 1.08 bits per heavy atom. The average molecular weight is 671 g/mol. The monoisotopic (exact) mass is 670 g/mol. The molecule has 49 heavy (non-hydrogen) atoms. The Bertz CT molecular complexity index is 2090. The van der Waals surface area contributed by atoms with Crippen molar-refractivity contribution < 1.29 is 22.6 Å². The van der Waals surface area contributed by atoms with E-state index in [1.807, 2.05) is 91.0 Å². The Hall–Kier alpha value is -5.73. The number of rotatable bonds is 8. The Labute approximate surface area is 287 Å². The average Bonchev–Trinajstić information content (AvgIpc) is 3.63. The van der Waals surface area contributed by atoms with Gasteiger partial charge in [-0.25, -0.2) is 4.98 Å². The third-order valence-corrected chi connectivity index (χ3v) is 8.82. The van der Waals surface area contributed by atoms with Crippen LogP contribution >= 0.6 is 12.2 Å². The molecule has 0 fully saturated rings. The van der Waals surface area contributed by atoms with Crippen LogP contribution in [0.4, 0.5) is 13.2 Å². The lowest BCUT2D eigenvalue weighted by Gasteiger charge is -2.38. The van der Waals surface area contributed by atoms with Crippen LogP contribution < -0.4 is 4.74 Å². The SMILES string of the molecule is FC(F)(F)C(OC(=S)Oc1ccccc1)(c1cn(C(c2ccccc2)(c2ccccc2)c2ccccc2)cn1)c1cccc2ccccc12. The molecule has 8 heteroatoms. The number of thiocarbonyl (C=S) groups is 1. The third kappa shape index (κ3) is 5.64. The maximum Gasteiger partial charge on any atom is 0.438 e. The van der Waals surface area contributed by atoms with Gasteiger partial charge in [-0.05, 0) is 39.6 Å². The van der Waals surface area contributed by atoms with Crippen LogP contribution in [-0.4, -0.2) is 21.0 Å². The molecule has 0 aliphatic carbocycles. The number of hydrogen-bond donors (Lipinski definition) is 0. The number of ether oxygens (including phenoxy) is 2. The van der Waals surface area contributed by atoms with Gasteiger partial charge in [0.25, 0.3) is 5.60 Å². The van der Waals surface area contributed by atoms with Gasteiger partial charge in [-0.3, -0.25) is 0 Å².